The van der Waals surface area contributed by atoms with E-state index in [-0.39, 0.29) is 0 Å². The third kappa shape index (κ3) is 1.68. The van der Waals surface area contributed by atoms with Gasteiger partial charge in [0, 0.05) is 13.1 Å². The first-order valence-electron chi connectivity index (χ1n) is 6.55. The smallest absolute Gasteiger partial charge is 0.134 e. The summed E-state index contributed by atoms with van der Waals surface area (Å²) in [6.45, 7) is 4.04. The third-order valence-electron chi connectivity index (χ3n) is 4.39. The van der Waals surface area contributed by atoms with E-state index in [0.717, 1.165) is 38.3 Å². The minimum absolute atomic E-state index is 0.651. The van der Waals surface area contributed by atoms with Crippen molar-refractivity contribution in [3.05, 3.63) is 0 Å². The molecule has 0 amide bonds. The average molecular weight is 225 g/mol. The van der Waals surface area contributed by atoms with Crippen molar-refractivity contribution in [2.75, 3.05) is 40.4 Å². The molecule has 3 unspecified atom stereocenters. The fourth-order valence-corrected chi connectivity index (χ4v) is 3.81. The summed E-state index contributed by atoms with van der Waals surface area (Å²) in [7, 11) is 4.38. The summed E-state index contributed by atoms with van der Waals surface area (Å²) in [5.74, 6) is 0.894. The van der Waals surface area contributed by atoms with Gasteiger partial charge in [-0.05, 0) is 25.2 Å². The van der Waals surface area contributed by atoms with E-state index in [9.17, 15) is 0 Å². The molecule has 3 aliphatic rings. The summed E-state index contributed by atoms with van der Waals surface area (Å²) in [6, 6.07) is 0.799. The predicted octanol–water partition coefficient (Wildman–Crippen LogP) is 0.444. The van der Waals surface area contributed by atoms with Crippen LogP contribution in [0.2, 0.25) is 0 Å². The first kappa shape index (κ1) is 11.0. The number of piperidine rings is 1. The van der Waals surface area contributed by atoms with Gasteiger partial charge in [0.15, 0.2) is 0 Å². The third-order valence-corrected chi connectivity index (χ3v) is 4.39. The average Bonchev–Trinajstić information content (AvgIpc) is 2.89. The lowest BCUT2D eigenvalue weighted by Gasteiger charge is -2.41. The Labute approximate surface area is 98.1 Å². The number of ether oxygens (including phenoxy) is 1. The van der Waals surface area contributed by atoms with Crippen molar-refractivity contribution < 1.29 is 4.74 Å². The van der Waals surface area contributed by atoms with Gasteiger partial charge in [-0.25, -0.2) is 0 Å². The van der Waals surface area contributed by atoms with Crippen molar-refractivity contribution in [1.82, 2.24) is 14.9 Å². The topological polar surface area (TPSA) is 21.6 Å². The SMILES string of the molecule is C[N+](C)N1C2CCC(C2)C1N1CCOCC1. The van der Waals surface area contributed by atoms with Gasteiger partial charge in [0.05, 0.1) is 19.3 Å². The van der Waals surface area contributed by atoms with Crippen LogP contribution in [0, 0.1) is 5.92 Å². The molecule has 16 heavy (non-hydrogen) atoms. The molecular formula is C12H23N3O+. The number of fused-ring (bicyclic) bond motifs is 2. The Bertz CT molecular complexity index is 253. The molecule has 2 bridgehead atoms. The van der Waals surface area contributed by atoms with Gasteiger partial charge < -0.3 is 4.74 Å². The molecule has 1 saturated carbocycles. The second kappa shape index (κ2) is 4.26. The van der Waals surface area contributed by atoms with Crippen molar-refractivity contribution in [3.8, 4) is 0 Å². The fraction of sp³-hybridized carbons (Fsp3) is 1.00. The summed E-state index contributed by atoms with van der Waals surface area (Å²) >= 11 is 0. The van der Waals surface area contributed by atoms with Crippen molar-refractivity contribution in [1.29, 1.82) is 0 Å². The van der Waals surface area contributed by atoms with Gasteiger partial charge in [-0.15, -0.1) is 0 Å². The summed E-state index contributed by atoms with van der Waals surface area (Å²) in [5, 5.41) is 4.92. The molecule has 4 heteroatoms. The standard InChI is InChI=1S/C12H23N3O/c1-13(2)15-11-4-3-10(9-11)12(15)14-5-7-16-8-6-14/h10-12H,3-9H2,1-2H3/q+1. The molecule has 2 aliphatic heterocycles. The summed E-state index contributed by atoms with van der Waals surface area (Å²) in [6.07, 6.45) is 4.87. The van der Waals surface area contributed by atoms with Crippen LogP contribution in [0.5, 0.6) is 0 Å². The maximum Gasteiger partial charge on any atom is 0.134 e. The molecule has 3 atom stereocenters. The van der Waals surface area contributed by atoms with E-state index in [1.807, 2.05) is 0 Å². The van der Waals surface area contributed by atoms with Crippen LogP contribution in [0.4, 0.5) is 0 Å². The maximum atomic E-state index is 5.46. The highest BCUT2D eigenvalue weighted by molar-refractivity contribution is 4.98. The molecule has 0 N–H and O–H groups in total. The summed E-state index contributed by atoms with van der Waals surface area (Å²) in [4.78, 5) is 2.63. The Morgan fingerprint density at radius 2 is 1.88 bits per heavy atom. The minimum Gasteiger partial charge on any atom is -0.379 e. The molecule has 4 nitrogen and oxygen atoms in total. The molecule has 2 heterocycles. The van der Waals surface area contributed by atoms with Gasteiger partial charge in [0.2, 0.25) is 0 Å². The zero-order valence-corrected chi connectivity index (χ0v) is 10.4. The Morgan fingerprint density at radius 3 is 2.56 bits per heavy atom. The fourth-order valence-electron chi connectivity index (χ4n) is 3.81. The lowest BCUT2D eigenvalue weighted by molar-refractivity contribution is -0.0930. The molecule has 2 saturated heterocycles. The Kier molecular flexibility index (Phi) is 2.92. The van der Waals surface area contributed by atoms with E-state index in [0.29, 0.717) is 6.17 Å². The maximum absolute atomic E-state index is 5.46. The first-order chi connectivity index (χ1) is 7.77. The van der Waals surface area contributed by atoms with Gasteiger partial charge in [0.1, 0.15) is 20.3 Å². The van der Waals surface area contributed by atoms with Gasteiger partial charge in [0.25, 0.3) is 0 Å². The van der Waals surface area contributed by atoms with Crippen LogP contribution in [0.15, 0.2) is 0 Å². The highest BCUT2D eigenvalue weighted by atomic mass is 16.5. The van der Waals surface area contributed by atoms with E-state index >= 15 is 0 Å². The zero-order chi connectivity index (χ0) is 11.1. The molecule has 0 aromatic rings. The normalized spacial score (nSPS) is 41.1. The molecule has 3 rings (SSSR count). The molecule has 1 aliphatic carbocycles. The Morgan fingerprint density at radius 1 is 1.12 bits per heavy atom. The number of hydrogen-bond acceptors (Lipinski definition) is 4. The lowest BCUT2D eigenvalue weighted by Crippen LogP contribution is -2.60. The summed E-state index contributed by atoms with van der Waals surface area (Å²) in [5.41, 5.74) is 0. The molecule has 0 aromatic carbocycles. The highest BCUT2D eigenvalue weighted by Crippen LogP contribution is 2.43. The molecule has 3 fully saturated rings. The molecule has 91 valence electrons. The van der Waals surface area contributed by atoms with E-state index in [1.54, 1.807) is 0 Å². The van der Waals surface area contributed by atoms with Crippen LogP contribution in [-0.4, -0.2) is 62.5 Å². The number of hydrazine groups is 1. The van der Waals surface area contributed by atoms with Crippen LogP contribution in [0.1, 0.15) is 19.3 Å². The number of rotatable bonds is 2. The molecular weight excluding hydrogens is 202 g/mol. The van der Waals surface area contributed by atoms with Gasteiger partial charge in [-0.2, -0.15) is 0 Å². The van der Waals surface area contributed by atoms with Gasteiger partial charge in [-0.3, -0.25) is 4.90 Å². The first-order valence-corrected chi connectivity index (χ1v) is 6.55. The second-order valence-electron chi connectivity index (χ2n) is 5.52. The Hall–Kier alpha value is -0.160. The lowest BCUT2D eigenvalue weighted by atomic mass is 10.0. The van der Waals surface area contributed by atoms with Crippen molar-refractivity contribution in [2.45, 2.75) is 31.5 Å². The van der Waals surface area contributed by atoms with E-state index in [1.165, 1.54) is 19.3 Å². The predicted molar refractivity (Wildman–Crippen MR) is 63.1 cm³/mol. The summed E-state index contributed by atoms with van der Waals surface area (Å²) < 4.78 is 5.46. The highest BCUT2D eigenvalue weighted by Gasteiger charge is 2.53. The van der Waals surface area contributed by atoms with E-state index in [4.69, 9.17) is 4.74 Å². The zero-order valence-electron chi connectivity index (χ0n) is 10.4. The van der Waals surface area contributed by atoms with Gasteiger partial charge >= 0.3 is 0 Å². The van der Waals surface area contributed by atoms with Gasteiger partial charge in [-0.1, -0.05) is 10.0 Å². The van der Waals surface area contributed by atoms with Crippen molar-refractivity contribution >= 4 is 0 Å². The monoisotopic (exact) mass is 225 g/mol. The van der Waals surface area contributed by atoms with E-state index < -0.39 is 0 Å². The molecule has 0 spiro atoms. The van der Waals surface area contributed by atoms with Crippen molar-refractivity contribution in [2.24, 2.45) is 5.92 Å². The largest absolute Gasteiger partial charge is 0.379 e. The number of hydrogen-bond donors (Lipinski definition) is 0. The molecule has 0 aromatic heterocycles. The quantitative estimate of drug-likeness (QED) is 0.637. The van der Waals surface area contributed by atoms with Crippen molar-refractivity contribution in [3.63, 3.8) is 0 Å². The van der Waals surface area contributed by atoms with Crippen LogP contribution in [0.3, 0.4) is 0 Å². The Balaban J connectivity index is 1.76. The van der Waals surface area contributed by atoms with Crippen LogP contribution in [0.25, 0.3) is 0 Å². The number of nitrogens with zero attached hydrogens (tertiary/aromatic N) is 3. The van der Waals surface area contributed by atoms with Crippen LogP contribution in [-0.2, 0) is 4.74 Å². The van der Waals surface area contributed by atoms with Crippen LogP contribution < -0.4 is 5.01 Å². The van der Waals surface area contributed by atoms with Crippen LogP contribution >= 0.6 is 0 Å². The minimum atomic E-state index is 0.651. The van der Waals surface area contributed by atoms with E-state index in [2.05, 4.69) is 29.0 Å². The number of morpholine rings is 1. The molecule has 1 radical (unpaired) electrons. The second-order valence-corrected chi connectivity index (χ2v) is 5.52.